The van der Waals surface area contributed by atoms with Crippen LogP contribution in [0, 0.1) is 0 Å². The van der Waals surface area contributed by atoms with Crippen LogP contribution in [0.4, 0.5) is 0 Å². The summed E-state index contributed by atoms with van der Waals surface area (Å²) in [7, 11) is 0. The molecule has 1 atom stereocenters. The molecule has 0 heterocycles. The quantitative estimate of drug-likeness (QED) is 0.871. The van der Waals surface area contributed by atoms with Crippen molar-refractivity contribution in [3.8, 4) is 0 Å². The third-order valence-electron chi connectivity index (χ3n) is 3.80. The summed E-state index contributed by atoms with van der Waals surface area (Å²) in [6.07, 6.45) is 0.135. The lowest BCUT2D eigenvalue weighted by Crippen LogP contribution is -2.30. The van der Waals surface area contributed by atoms with Gasteiger partial charge in [0.25, 0.3) is 0 Å². The molecule has 0 fully saturated rings. The summed E-state index contributed by atoms with van der Waals surface area (Å²) in [5, 5.41) is 11.5. The molecule has 0 spiro atoms. The smallest absolute Gasteiger partial charge is 0.305 e. The molecule has 0 aliphatic rings. The van der Waals surface area contributed by atoms with E-state index in [2.05, 4.69) is 36.9 Å². The number of hydrogen-bond donors (Lipinski definition) is 1. The summed E-state index contributed by atoms with van der Waals surface area (Å²) < 4.78 is 0. The average Bonchev–Trinajstić information content (AvgIpc) is 2.46. The first-order valence-electron chi connectivity index (χ1n) is 7.10. The molecule has 20 heavy (non-hydrogen) atoms. The first-order valence-corrected chi connectivity index (χ1v) is 7.10. The second kappa shape index (κ2) is 6.53. The normalized spacial score (nSPS) is 12.8. The van der Waals surface area contributed by atoms with Crippen LogP contribution in [0.5, 0.6) is 0 Å². The van der Waals surface area contributed by atoms with Crippen LogP contribution in [0.2, 0.25) is 0 Å². The molecule has 3 nitrogen and oxygen atoms in total. The Labute approximate surface area is 119 Å². The lowest BCUT2D eigenvalue weighted by Gasteiger charge is -2.29. The average molecular weight is 271 g/mol. The van der Waals surface area contributed by atoms with E-state index in [1.54, 1.807) is 0 Å². The predicted molar refractivity (Wildman–Crippen MR) is 81.9 cm³/mol. The Morgan fingerprint density at radius 3 is 2.40 bits per heavy atom. The number of aliphatic carboxylic acids is 1. The van der Waals surface area contributed by atoms with Crippen LogP contribution in [0.3, 0.4) is 0 Å². The van der Waals surface area contributed by atoms with Crippen molar-refractivity contribution in [2.75, 3.05) is 13.1 Å². The molecule has 0 bridgehead atoms. The Hall–Kier alpha value is -1.87. The van der Waals surface area contributed by atoms with Crippen LogP contribution in [-0.4, -0.2) is 29.1 Å². The minimum atomic E-state index is -0.755. The van der Waals surface area contributed by atoms with Gasteiger partial charge in [0.05, 0.1) is 6.42 Å². The highest BCUT2D eigenvalue weighted by Crippen LogP contribution is 2.30. The zero-order valence-corrected chi connectivity index (χ0v) is 12.0. The summed E-state index contributed by atoms with van der Waals surface area (Å²) in [5.41, 5.74) is 1.11. The minimum absolute atomic E-state index is 0.0754. The highest BCUT2D eigenvalue weighted by Gasteiger charge is 2.22. The molecule has 1 N–H and O–H groups in total. The van der Waals surface area contributed by atoms with Crippen molar-refractivity contribution >= 4 is 16.7 Å². The number of nitrogens with zero attached hydrogens (tertiary/aromatic N) is 1. The van der Waals surface area contributed by atoms with E-state index in [-0.39, 0.29) is 12.5 Å². The number of benzene rings is 2. The Morgan fingerprint density at radius 2 is 1.75 bits per heavy atom. The number of hydrogen-bond acceptors (Lipinski definition) is 2. The van der Waals surface area contributed by atoms with E-state index in [9.17, 15) is 9.90 Å². The van der Waals surface area contributed by atoms with Gasteiger partial charge in [-0.05, 0) is 29.4 Å². The first kappa shape index (κ1) is 14.5. The number of carbonyl (C=O) groups is 1. The molecule has 0 saturated carbocycles. The summed E-state index contributed by atoms with van der Waals surface area (Å²) in [5.74, 6) is -0.755. The standard InChI is InChI=1S/C17H21NO2/c1-3-18(4-2)16(12-17(19)20)15-11-7-9-13-8-5-6-10-14(13)15/h5-11,16H,3-4,12H2,1-2H3,(H,19,20). The largest absolute Gasteiger partial charge is 0.481 e. The van der Waals surface area contributed by atoms with Gasteiger partial charge in [-0.25, -0.2) is 0 Å². The monoisotopic (exact) mass is 271 g/mol. The van der Waals surface area contributed by atoms with E-state index in [4.69, 9.17) is 0 Å². The predicted octanol–water partition coefficient (Wildman–Crippen LogP) is 3.70. The van der Waals surface area contributed by atoms with Gasteiger partial charge in [-0.3, -0.25) is 9.69 Å². The van der Waals surface area contributed by atoms with Gasteiger partial charge in [-0.2, -0.15) is 0 Å². The highest BCUT2D eigenvalue weighted by atomic mass is 16.4. The van der Waals surface area contributed by atoms with Crippen molar-refractivity contribution in [1.29, 1.82) is 0 Å². The maximum Gasteiger partial charge on any atom is 0.305 e. The van der Waals surface area contributed by atoms with E-state index >= 15 is 0 Å². The highest BCUT2D eigenvalue weighted by molar-refractivity contribution is 5.86. The molecule has 0 radical (unpaired) electrons. The number of rotatable bonds is 6. The molecule has 3 heteroatoms. The van der Waals surface area contributed by atoms with Gasteiger partial charge in [0.15, 0.2) is 0 Å². The minimum Gasteiger partial charge on any atom is -0.481 e. The van der Waals surface area contributed by atoms with Gasteiger partial charge >= 0.3 is 5.97 Å². The van der Waals surface area contributed by atoms with Crippen molar-refractivity contribution < 1.29 is 9.90 Å². The summed E-state index contributed by atoms with van der Waals surface area (Å²) in [6, 6.07) is 14.2. The molecule has 0 aliphatic carbocycles. The second-order valence-electron chi connectivity index (χ2n) is 4.90. The van der Waals surface area contributed by atoms with Crippen LogP contribution in [0.25, 0.3) is 10.8 Å². The van der Waals surface area contributed by atoms with Crippen molar-refractivity contribution in [3.05, 3.63) is 48.0 Å². The van der Waals surface area contributed by atoms with Crippen LogP contribution >= 0.6 is 0 Å². The van der Waals surface area contributed by atoms with Gasteiger partial charge in [0.2, 0.25) is 0 Å². The van der Waals surface area contributed by atoms with Crippen LogP contribution in [-0.2, 0) is 4.79 Å². The van der Waals surface area contributed by atoms with Crippen LogP contribution < -0.4 is 0 Å². The van der Waals surface area contributed by atoms with Crippen molar-refractivity contribution in [2.45, 2.75) is 26.3 Å². The Kier molecular flexibility index (Phi) is 4.74. The van der Waals surface area contributed by atoms with Gasteiger partial charge in [0.1, 0.15) is 0 Å². The lowest BCUT2D eigenvalue weighted by atomic mass is 9.95. The molecule has 2 aromatic carbocycles. The summed E-state index contributed by atoms with van der Waals surface area (Å²) in [4.78, 5) is 13.4. The molecule has 0 aliphatic heterocycles. The fourth-order valence-corrected chi connectivity index (χ4v) is 2.81. The summed E-state index contributed by atoms with van der Waals surface area (Å²) >= 11 is 0. The zero-order valence-electron chi connectivity index (χ0n) is 12.0. The van der Waals surface area contributed by atoms with E-state index in [1.807, 2.05) is 24.3 Å². The number of fused-ring (bicyclic) bond motifs is 1. The Morgan fingerprint density at radius 1 is 1.10 bits per heavy atom. The van der Waals surface area contributed by atoms with Crippen molar-refractivity contribution in [2.24, 2.45) is 0 Å². The fourth-order valence-electron chi connectivity index (χ4n) is 2.81. The third-order valence-corrected chi connectivity index (χ3v) is 3.80. The summed E-state index contributed by atoms with van der Waals surface area (Å²) in [6.45, 7) is 5.84. The SMILES string of the molecule is CCN(CC)C(CC(=O)O)c1cccc2ccccc12. The maximum atomic E-state index is 11.2. The molecule has 1 unspecified atom stereocenters. The molecule has 2 rings (SSSR count). The molecule has 0 aromatic heterocycles. The Balaban J connectivity index is 2.52. The molecule has 0 amide bonds. The maximum absolute atomic E-state index is 11.2. The van der Waals surface area contributed by atoms with Gasteiger partial charge in [0, 0.05) is 6.04 Å². The molecule has 0 saturated heterocycles. The Bertz CT molecular complexity index is 585. The van der Waals surface area contributed by atoms with Gasteiger partial charge in [-0.1, -0.05) is 56.3 Å². The van der Waals surface area contributed by atoms with E-state index in [0.717, 1.165) is 29.4 Å². The second-order valence-corrected chi connectivity index (χ2v) is 4.90. The van der Waals surface area contributed by atoms with Crippen LogP contribution in [0.1, 0.15) is 31.9 Å². The molecule has 106 valence electrons. The number of carboxylic acids is 1. The van der Waals surface area contributed by atoms with E-state index in [1.165, 1.54) is 0 Å². The van der Waals surface area contributed by atoms with E-state index < -0.39 is 5.97 Å². The lowest BCUT2D eigenvalue weighted by molar-refractivity contribution is -0.138. The van der Waals surface area contributed by atoms with Gasteiger partial charge < -0.3 is 5.11 Å². The molecular formula is C17H21NO2. The number of carboxylic acid groups (broad SMARTS) is 1. The first-order chi connectivity index (χ1) is 9.67. The van der Waals surface area contributed by atoms with Crippen molar-refractivity contribution in [1.82, 2.24) is 4.90 Å². The molecule has 2 aromatic rings. The molecular weight excluding hydrogens is 250 g/mol. The van der Waals surface area contributed by atoms with Gasteiger partial charge in [-0.15, -0.1) is 0 Å². The third kappa shape index (κ3) is 2.99. The fraction of sp³-hybridized carbons (Fsp3) is 0.353. The zero-order chi connectivity index (χ0) is 14.5. The van der Waals surface area contributed by atoms with Crippen molar-refractivity contribution in [3.63, 3.8) is 0 Å². The van der Waals surface area contributed by atoms with E-state index in [0.29, 0.717) is 0 Å². The van der Waals surface area contributed by atoms with Crippen LogP contribution in [0.15, 0.2) is 42.5 Å². The topological polar surface area (TPSA) is 40.5 Å².